The number of rotatable bonds is 4. The number of likely N-dealkylation sites (tertiary alicyclic amines) is 1. The topological polar surface area (TPSA) is 96.5 Å². The average molecular weight is 452 g/mol. The van der Waals surface area contributed by atoms with Gasteiger partial charge in [0.05, 0.1) is 31.3 Å². The van der Waals surface area contributed by atoms with Crippen molar-refractivity contribution >= 4 is 21.8 Å². The molecule has 4 rings (SSSR count). The third-order valence-electron chi connectivity index (χ3n) is 6.14. The van der Waals surface area contributed by atoms with Gasteiger partial charge in [-0.2, -0.15) is 4.31 Å². The largest absolute Gasteiger partial charge is 0.379 e. The Morgan fingerprint density at radius 2 is 1.45 bits per heavy atom. The van der Waals surface area contributed by atoms with Gasteiger partial charge in [0, 0.05) is 50.7 Å². The quantitative estimate of drug-likeness (QED) is 0.658. The monoisotopic (exact) mass is 451 g/mol. The van der Waals surface area contributed by atoms with Crippen LogP contribution in [0.5, 0.6) is 0 Å². The Hall–Kier alpha value is -2.01. The van der Waals surface area contributed by atoms with E-state index in [9.17, 15) is 18.0 Å². The predicted molar refractivity (Wildman–Crippen MR) is 112 cm³/mol. The number of carbonyl (C=O) groups is 2. The molecule has 3 aliphatic rings. The molecule has 9 nitrogen and oxygen atoms in total. The van der Waals surface area contributed by atoms with E-state index in [1.807, 2.05) is 4.90 Å². The lowest BCUT2D eigenvalue weighted by Crippen LogP contribution is -2.47. The third kappa shape index (κ3) is 4.92. The van der Waals surface area contributed by atoms with Crippen molar-refractivity contribution in [1.82, 2.24) is 14.1 Å². The zero-order chi connectivity index (χ0) is 21.8. The summed E-state index contributed by atoms with van der Waals surface area (Å²) in [4.78, 5) is 29.4. The van der Waals surface area contributed by atoms with Crippen LogP contribution < -0.4 is 0 Å². The highest BCUT2D eigenvalue weighted by atomic mass is 32.2. The first-order chi connectivity index (χ1) is 15.0. The minimum absolute atomic E-state index is 0.0739. The Morgan fingerprint density at radius 3 is 2.10 bits per heavy atom. The van der Waals surface area contributed by atoms with Crippen molar-refractivity contribution in [3.05, 3.63) is 29.8 Å². The second-order valence-corrected chi connectivity index (χ2v) is 9.99. The average Bonchev–Trinajstić information content (AvgIpc) is 2.84. The number of morpholine rings is 2. The van der Waals surface area contributed by atoms with Gasteiger partial charge in [0.1, 0.15) is 0 Å². The first-order valence-corrected chi connectivity index (χ1v) is 12.2. The molecule has 0 unspecified atom stereocenters. The minimum atomic E-state index is -3.66. The molecule has 31 heavy (non-hydrogen) atoms. The summed E-state index contributed by atoms with van der Waals surface area (Å²) in [6, 6.07) is 6.23. The number of nitrogens with zero attached hydrogens (tertiary/aromatic N) is 3. The normalized spacial score (nSPS) is 21.8. The molecule has 10 heteroatoms. The molecule has 3 fully saturated rings. The molecule has 170 valence electrons. The van der Waals surface area contributed by atoms with Gasteiger partial charge in [-0.25, -0.2) is 8.42 Å². The maximum Gasteiger partial charge on any atom is 0.253 e. The molecule has 0 aliphatic carbocycles. The first-order valence-electron chi connectivity index (χ1n) is 10.8. The van der Waals surface area contributed by atoms with E-state index in [2.05, 4.69) is 0 Å². The molecule has 3 heterocycles. The fraction of sp³-hybridized carbons (Fsp3) is 0.619. The zero-order valence-corrected chi connectivity index (χ0v) is 18.4. The van der Waals surface area contributed by atoms with Crippen molar-refractivity contribution in [3.8, 4) is 0 Å². The molecule has 0 saturated carbocycles. The molecule has 1 aromatic rings. The van der Waals surface area contributed by atoms with E-state index in [4.69, 9.17) is 9.47 Å². The van der Waals surface area contributed by atoms with E-state index < -0.39 is 10.0 Å². The van der Waals surface area contributed by atoms with Gasteiger partial charge < -0.3 is 19.3 Å². The second-order valence-electron chi connectivity index (χ2n) is 8.05. The lowest BCUT2D eigenvalue weighted by Gasteiger charge is -2.35. The summed E-state index contributed by atoms with van der Waals surface area (Å²) in [6.45, 7) is 4.74. The number of carbonyl (C=O) groups excluding carboxylic acids is 2. The smallest absolute Gasteiger partial charge is 0.253 e. The number of benzene rings is 1. The Labute approximate surface area is 182 Å². The molecule has 0 bridgehead atoms. The van der Waals surface area contributed by atoms with Crippen LogP contribution in [-0.4, -0.2) is 100 Å². The number of sulfonamides is 1. The van der Waals surface area contributed by atoms with Gasteiger partial charge in [0.25, 0.3) is 5.91 Å². The Bertz CT molecular complexity index is 901. The highest BCUT2D eigenvalue weighted by Crippen LogP contribution is 2.23. The van der Waals surface area contributed by atoms with Crippen LogP contribution in [0.15, 0.2) is 29.2 Å². The van der Waals surface area contributed by atoms with Gasteiger partial charge in [-0.3, -0.25) is 9.59 Å². The van der Waals surface area contributed by atoms with Crippen LogP contribution in [-0.2, 0) is 24.3 Å². The van der Waals surface area contributed by atoms with E-state index in [1.54, 1.807) is 17.0 Å². The van der Waals surface area contributed by atoms with Crippen LogP contribution in [0.4, 0.5) is 0 Å². The zero-order valence-electron chi connectivity index (χ0n) is 17.6. The molecule has 3 aliphatic heterocycles. The van der Waals surface area contributed by atoms with Crippen molar-refractivity contribution in [2.24, 2.45) is 5.92 Å². The summed E-state index contributed by atoms with van der Waals surface area (Å²) in [5, 5.41) is 0. The van der Waals surface area contributed by atoms with Crippen LogP contribution in [0.3, 0.4) is 0 Å². The third-order valence-corrected chi connectivity index (χ3v) is 8.04. The summed E-state index contributed by atoms with van der Waals surface area (Å²) in [7, 11) is -3.66. The van der Waals surface area contributed by atoms with E-state index in [1.165, 1.54) is 16.4 Å². The standard InChI is InChI=1S/C21H29N3O6S/c25-20(23-8-12-29-13-9-23)17-4-6-22(7-5-17)21(26)18-2-1-3-19(16-18)31(27,28)24-10-14-30-15-11-24/h1-3,16-17H,4-15H2. The van der Waals surface area contributed by atoms with Crippen molar-refractivity contribution < 1.29 is 27.5 Å². The Morgan fingerprint density at radius 1 is 0.839 bits per heavy atom. The fourth-order valence-electron chi connectivity index (χ4n) is 4.28. The van der Waals surface area contributed by atoms with E-state index in [0.717, 1.165) is 0 Å². The van der Waals surface area contributed by atoms with E-state index in [0.29, 0.717) is 84.1 Å². The molecule has 0 N–H and O–H groups in total. The number of ether oxygens (including phenoxy) is 2. The van der Waals surface area contributed by atoms with Gasteiger partial charge in [-0.15, -0.1) is 0 Å². The van der Waals surface area contributed by atoms with E-state index in [-0.39, 0.29) is 22.6 Å². The number of hydrogen-bond donors (Lipinski definition) is 0. The summed E-state index contributed by atoms with van der Waals surface area (Å²) in [5.74, 6) is -0.125. The highest BCUT2D eigenvalue weighted by molar-refractivity contribution is 7.89. The van der Waals surface area contributed by atoms with Crippen LogP contribution in [0.25, 0.3) is 0 Å². The molecule has 2 amide bonds. The molecule has 3 saturated heterocycles. The number of hydrogen-bond acceptors (Lipinski definition) is 6. The van der Waals surface area contributed by atoms with Gasteiger partial charge in [-0.05, 0) is 31.0 Å². The minimum Gasteiger partial charge on any atom is -0.379 e. The molecular weight excluding hydrogens is 422 g/mol. The van der Waals surface area contributed by atoms with E-state index >= 15 is 0 Å². The van der Waals surface area contributed by atoms with Gasteiger partial charge >= 0.3 is 0 Å². The number of amides is 2. The second kappa shape index (κ2) is 9.64. The summed E-state index contributed by atoms with van der Waals surface area (Å²) < 4.78 is 37.7. The van der Waals surface area contributed by atoms with Crippen LogP contribution in [0.1, 0.15) is 23.2 Å². The summed E-state index contributed by atoms with van der Waals surface area (Å²) >= 11 is 0. The molecule has 0 spiro atoms. The summed E-state index contributed by atoms with van der Waals surface area (Å²) in [6.07, 6.45) is 1.24. The van der Waals surface area contributed by atoms with Crippen molar-refractivity contribution in [1.29, 1.82) is 0 Å². The molecule has 0 radical (unpaired) electrons. The maximum atomic E-state index is 13.0. The lowest BCUT2D eigenvalue weighted by atomic mass is 9.94. The highest BCUT2D eigenvalue weighted by Gasteiger charge is 2.32. The SMILES string of the molecule is O=C(c1cccc(S(=O)(=O)N2CCOCC2)c1)N1CCC(C(=O)N2CCOCC2)CC1. The van der Waals surface area contributed by atoms with Crippen molar-refractivity contribution in [2.45, 2.75) is 17.7 Å². The summed E-state index contributed by atoms with van der Waals surface area (Å²) in [5.41, 5.74) is 0.354. The van der Waals surface area contributed by atoms with Crippen LogP contribution in [0.2, 0.25) is 0 Å². The van der Waals surface area contributed by atoms with Crippen LogP contribution in [0, 0.1) is 5.92 Å². The molecule has 0 atom stereocenters. The number of piperidine rings is 1. The molecular formula is C21H29N3O6S. The fourth-order valence-corrected chi connectivity index (χ4v) is 5.73. The predicted octanol–water partition coefficient (Wildman–Crippen LogP) is 0.419. The van der Waals surface area contributed by atoms with Gasteiger partial charge in [0.15, 0.2) is 0 Å². The molecule has 0 aromatic heterocycles. The van der Waals surface area contributed by atoms with Crippen molar-refractivity contribution in [2.75, 3.05) is 65.7 Å². The van der Waals surface area contributed by atoms with Crippen LogP contribution >= 0.6 is 0 Å². The Kier molecular flexibility index (Phi) is 6.90. The Balaban J connectivity index is 1.39. The van der Waals surface area contributed by atoms with Crippen molar-refractivity contribution in [3.63, 3.8) is 0 Å². The first kappa shape index (κ1) is 22.2. The van der Waals surface area contributed by atoms with Gasteiger partial charge in [0.2, 0.25) is 15.9 Å². The van der Waals surface area contributed by atoms with Gasteiger partial charge in [-0.1, -0.05) is 6.07 Å². The molecule has 1 aromatic carbocycles. The lowest BCUT2D eigenvalue weighted by molar-refractivity contribution is -0.141. The maximum absolute atomic E-state index is 13.0.